The lowest BCUT2D eigenvalue weighted by Gasteiger charge is -2.26. The first kappa shape index (κ1) is 17.1. The van der Waals surface area contributed by atoms with Gasteiger partial charge in [-0.2, -0.15) is 0 Å². The Kier molecular flexibility index (Phi) is 4.32. The van der Waals surface area contributed by atoms with Crippen LogP contribution >= 0.6 is 0 Å². The molecule has 1 atom stereocenters. The number of methoxy groups -OCH3 is 1. The van der Waals surface area contributed by atoms with Crippen molar-refractivity contribution < 1.29 is 13.9 Å². The summed E-state index contributed by atoms with van der Waals surface area (Å²) in [5.41, 5.74) is 2.64. The first-order chi connectivity index (χ1) is 13.0. The Labute approximate surface area is 156 Å². The van der Waals surface area contributed by atoms with Gasteiger partial charge in [-0.1, -0.05) is 19.1 Å². The van der Waals surface area contributed by atoms with Crippen molar-refractivity contribution in [3.8, 4) is 5.75 Å². The molecule has 2 heterocycles. The predicted molar refractivity (Wildman–Crippen MR) is 104 cm³/mol. The van der Waals surface area contributed by atoms with Crippen molar-refractivity contribution in [2.75, 3.05) is 23.9 Å². The number of hydrogen-bond acceptors (Lipinski definition) is 5. The van der Waals surface area contributed by atoms with Crippen LogP contribution in [0.2, 0.25) is 0 Å². The minimum absolute atomic E-state index is 0.00730. The van der Waals surface area contributed by atoms with Gasteiger partial charge in [0, 0.05) is 30.6 Å². The minimum Gasteiger partial charge on any atom is -0.497 e. The van der Waals surface area contributed by atoms with Crippen molar-refractivity contribution in [3.05, 3.63) is 64.5 Å². The number of ether oxygens (including phenoxy) is 1. The van der Waals surface area contributed by atoms with E-state index in [-0.39, 0.29) is 11.8 Å². The molecule has 0 radical (unpaired) electrons. The Morgan fingerprint density at radius 3 is 2.81 bits per heavy atom. The summed E-state index contributed by atoms with van der Waals surface area (Å²) in [4.78, 5) is 26.5. The van der Waals surface area contributed by atoms with Crippen LogP contribution in [0.3, 0.4) is 0 Å². The Bertz CT molecular complexity index is 1070. The Morgan fingerprint density at radius 2 is 2.00 bits per heavy atom. The molecule has 1 amide bonds. The van der Waals surface area contributed by atoms with Crippen LogP contribution < -0.4 is 20.6 Å². The van der Waals surface area contributed by atoms with E-state index in [0.717, 1.165) is 22.3 Å². The number of amides is 1. The standard InChI is InChI=1S/C21H20N2O4/c1-13-11-23(18-6-4-3-5-17(18)22-21(13)25)12-14-9-20(24)27-19-10-15(26-2)7-8-16(14)19/h3-10,13H,11-12H2,1-2H3,(H,22,25)/t13-/m1/s1. The molecule has 1 aliphatic heterocycles. The number of rotatable bonds is 3. The predicted octanol–water partition coefficient (Wildman–Crippen LogP) is 3.40. The molecule has 138 valence electrons. The molecule has 0 saturated carbocycles. The number of carbonyl (C=O) groups excluding carboxylic acids is 1. The van der Waals surface area contributed by atoms with E-state index in [1.54, 1.807) is 13.2 Å². The van der Waals surface area contributed by atoms with E-state index in [2.05, 4.69) is 10.2 Å². The van der Waals surface area contributed by atoms with Crippen molar-refractivity contribution in [1.82, 2.24) is 0 Å². The number of nitrogens with one attached hydrogen (secondary N) is 1. The van der Waals surface area contributed by atoms with E-state index in [1.807, 2.05) is 43.3 Å². The average Bonchev–Trinajstić information content (AvgIpc) is 2.78. The first-order valence-electron chi connectivity index (χ1n) is 8.81. The molecule has 0 fully saturated rings. The van der Waals surface area contributed by atoms with Gasteiger partial charge in [0.25, 0.3) is 0 Å². The summed E-state index contributed by atoms with van der Waals surface area (Å²) in [6.45, 7) is 2.95. The monoisotopic (exact) mass is 364 g/mol. The van der Waals surface area contributed by atoms with E-state index in [4.69, 9.17) is 9.15 Å². The average molecular weight is 364 g/mol. The molecule has 4 rings (SSSR count). The highest BCUT2D eigenvalue weighted by Crippen LogP contribution is 2.32. The maximum Gasteiger partial charge on any atom is 0.336 e. The molecule has 0 saturated heterocycles. The van der Waals surface area contributed by atoms with E-state index in [1.165, 1.54) is 6.07 Å². The fourth-order valence-corrected chi connectivity index (χ4v) is 3.45. The molecular weight excluding hydrogens is 344 g/mol. The number of anilines is 2. The molecule has 0 unspecified atom stereocenters. The van der Waals surface area contributed by atoms with Gasteiger partial charge < -0.3 is 19.4 Å². The lowest BCUT2D eigenvalue weighted by Crippen LogP contribution is -2.30. The molecule has 0 spiro atoms. The van der Waals surface area contributed by atoms with Crippen molar-refractivity contribution in [3.63, 3.8) is 0 Å². The van der Waals surface area contributed by atoms with Crippen LogP contribution in [0.15, 0.2) is 57.7 Å². The summed E-state index contributed by atoms with van der Waals surface area (Å²) in [5.74, 6) is 0.447. The molecule has 6 nitrogen and oxygen atoms in total. The minimum atomic E-state index is -0.406. The summed E-state index contributed by atoms with van der Waals surface area (Å²) in [7, 11) is 1.57. The second-order valence-electron chi connectivity index (χ2n) is 6.74. The van der Waals surface area contributed by atoms with Crippen LogP contribution in [-0.2, 0) is 11.3 Å². The molecule has 1 aliphatic rings. The van der Waals surface area contributed by atoms with E-state index < -0.39 is 5.63 Å². The number of carbonyl (C=O) groups is 1. The summed E-state index contributed by atoms with van der Waals surface area (Å²) in [5, 5.41) is 3.83. The van der Waals surface area contributed by atoms with Gasteiger partial charge in [0.15, 0.2) is 0 Å². The molecule has 27 heavy (non-hydrogen) atoms. The molecule has 1 aromatic heterocycles. The van der Waals surface area contributed by atoms with Gasteiger partial charge in [-0.25, -0.2) is 4.79 Å². The summed E-state index contributed by atoms with van der Waals surface area (Å²) < 4.78 is 10.6. The van der Waals surface area contributed by atoms with E-state index in [9.17, 15) is 9.59 Å². The highest BCUT2D eigenvalue weighted by molar-refractivity contribution is 5.97. The summed E-state index contributed by atoms with van der Waals surface area (Å²) in [6.07, 6.45) is 0. The van der Waals surface area contributed by atoms with Crippen LogP contribution in [-0.4, -0.2) is 19.6 Å². The second-order valence-corrected chi connectivity index (χ2v) is 6.74. The molecular formula is C21H20N2O4. The van der Waals surface area contributed by atoms with Crippen LogP contribution in [0.25, 0.3) is 11.0 Å². The fraction of sp³-hybridized carbons (Fsp3) is 0.238. The zero-order chi connectivity index (χ0) is 19.0. The van der Waals surface area contributed by atoms with Gasteiger partial charge in [0.1, 0.15) is 11.3 Å². The van der Waals surface area contributed by atoms with Gasteiger partial charge >= 0.3 is 5.63 Å². The van der Waals surface area contributed by atoms with Crippen molar-refractivity contribution in [2.24, 2.45) is 5.92 Å². The first-order valence-corrected chi connectivity index (χ1v) is 8.81. The Hall–Kier alpha value is -3.28. The van der Waals surface area contributed by atoms with Gasteiger partial charge in [-0.15, -0.1) is 0 Å². The quantitative estimate of drug-likeness (QED) is 0.721. The second kappa shape index (κ2) is 6.79. The van der Waals surface area contributed by atoms with Crippen molar-refractivity contribution >= 4 is 28.3 Å². The zero-order valence-corrected chi connectivity index (χ0v) is 15.2. The van der Waals surface area contributed by atoms with Gasteiger partial charge in [-0.05, 0) is 29.8 Å². The third-order valence-corrected chi connectivity index (χ3v) is 4.84. The van der Waals surface area contributed by atoms with Gasteiger partial charge in [0.2, 0.25) is 5.91 Å². The molecule has 0 bridgehead atoms. The number of nitrogens with zero attached hydrogens (tertiary/aromatic N) is 1. The maximum atomic E-state index is 12.3. The largest absolute Gasteiger partial charge is 0.497 e. The normalized spacial score (nSPS) is 16.6. The smallest absolute Gasteiger partial charge is 0.336 e. The molecule has 0 aliphatic carbocycles. The molecule has 1 N–H and O–H groups in total. The van der Waals surface area contributed by atoms with Gasteiger partial charge in [-0.3, -0.25) is 4.79 Å². The van der Waals surface area contributed by atoms with Crippen LogP contribution in [0.4, 0.5) is 11.4 Å². The summed E-state index contributed by atoms with van der Waals surface area (Å²) >= 11 is 0. The van der Waals surface area contributed by atoms with E-state index >= 15 is 0 Å². The van der Waals surface area contributed by atoms with Gasteiger partial charge in [0.05, 0.1) is 24.4 Å². The third kappa shape index (κ3) is 3.26. The van der Waals surface area contributed by atoms with Crippen LogP contribution in [0.5, 0.6) is 5.75 Å². The molecule has 3 aromatic rings. The number of benzene rings is 2. The maximum absolute atomic E-state index is 12.3. The third-order valence-electron chi connectivity index (χ3n) is 4.84. The number of fused-ring (bicyclic) bond motifs is 2. The fourth-order valence-electron chi connectivity index (χ4n) is 3.45. The van der Waals surface area contributed by atoms with Crippen molar-refractivity contribution in [2.45, 2.75) is 13.5 Å². The highest BCUT2D eigenvalue weighted by Gasteiger charge is 2.25. The summed E-state index contributed by atoms with van der Waals surface area (Å²) in [6, 6.07) is 14.7. The van der Waals surface area contributed by atoms with Crippen LogP contribution in [0, 0.1) is 5.92 Å². The van der Waals surface area contributed by atoms with E-state index in [0.29, 0.717) is 24.4 Å². The SMILES string of the molecule is COc1ccc2c(CN3C[C@@H](C)C(=O)Nc4ccccc43)cc(=O)oc2c1. The van der Waals surface area contributed by atoms with Crippen LogP contribution in [0.1, 0.15) is 12.5 Å². The lowest BCUT2D eigenvalue weighted by atomic mass is 10.1. The topological polar surface area (TPSA) is 71.8 Å². The zero-order valence-electron chi connectivity index (χ0n) is 15.2. The highest BCUT2D eigenvalue weighted by atomic mass is 16.5. The van der Waals surface area contributed by atoms with Crippen molar-refractivity contribution in [1.29, 1.82) is 0 Å². The Morgan fingerprint density at radius 1 is 1.19 bits per heavy atom. The molecule has 2 aromatic carbocycles. The Balaban J connectivity index is 1.79. The lowest BCUT2D eigenvalue weighted by molar-refractivity contribution is -0.119. The number of para-hydroxylation sites is 2. The number of hydrogen-bond donors (Lipinski definition) is 1. The molecule has 6 heteroatoms.